The van der Waals surface area contributed by atoms with Crippen LogP contribution in [0.3, 0.4) is 0 Å². The van der Waals surface area contributed by atoms with Crippen molar-refractivity contribution >= 4 is 5.69 Å². The smallest absolute Gasteiger partial charge is 0 e. The van der Waals surface area contributed by atoms with Crippen LogP contribution in [0.4, 0.5) is 5.69 Å². The molecule has 0 saturated heterocycles. The zero-order valence-electron chi connectivity index (χ0n) is 4.54. The molecule has 3 heteroatoms. The third kappa shape index (κ3) is 2.40. The number of hydrogen-bond donors (Lipinski definition) is 0. The predicted octanol–water partition coefficient (Wildman–Crippen LogP) is 1.88. The molecular formula is C6H4MnNO-. The number of nitroso groups, excluding NO2 is 1. The van der Waals surface area contributed by atoms with E-state index in [0.29, 0.717) is 5.69 Å². The summed E-state index contributed by atoms with van der Waals surface area (Å²) in [5, 5.41) is 2.70. The van der Waals surface area contributed by atoms with Gasteiger partial charge in [0.2, 0.25) is 0 Å². The molecule has 47 valence electrons. The van der Waals surface area contributed by atoms with Crippen molar-refractivity contribution in [2.75, 3.05) is 0 Å². The van der Waals surface area contributed by atoms with E-state index in [-0.39, 0.29) is 17.1 Å². The van der Waals surface area contributed by atoms with E-state index in [1.807, 2.05) is 0 Å². The predicted molar refractivity (Wildman–Crippen MR) is 30.7 cm³/mol. The van der Waals surface area contributed by atoms with E-state index in [9.17, 15) is 4.91 Å². The largest absolute Gasteiger partial charge is 0.184 e. The average molecular weight is 161 g/mol. The quantitative estimate of drug-likeness (QED) is 0.351. The fourth-order valence-corrected chi connectivity index (χ4v) is 0.439. The van der Waals surface area contributed by atoms with E-state index < -0.39 is 0 Å². The first-order valence-corrected chi connectivity index (χ1v) is 2.23. The molecular weight excluding hydrogens is 157 g/mol. The Balaban J connectivity index is 0.000000640. The summed E-state index contributed by atoms with van der Waals surface area (Å²) in [5.41, 5.74) is 0.448. The maximum atomic E-state index is 9.74. The van der Waals surface area contributed by atoms with Crippen LogP contribution in [-0.4, -0.2) is 0 Å². The van der Waals surface area contributed by atoms with E-state index in [4.69, 9.17) is 0 Å². The number of benzene rings is 1. The molecule has 0 fully saturated rings. The van der Waals surface area contributed by atoms with Crippen molar-refractivity contribution in [3.05, 3.63) is 35.2 Å². The molecule has 0 spiro atoms. The summed E-state index contributed by atoms with van der Waals surface area (Å²) in [5.74, 6) is 0. The Kier molecular flexibility index (Phi) is 3.93. The van der Waals surface area contributed by atoms with E-state index in [1.165, 1.54) is 0 Å². The third-order valence-electron chi connectivity index (χ3n) is 0.806. The summed E-state index contributed by atoms with van der Waals surface area (Å²) in [6.45, 7) is 0. The van der Waals surface area contributed by atoms with Gasteiger partial charge in [-0.25, -0.2) is 0 Å². The maximum absolute atomic E-state index is 9.74. The maximum Gasteiger partial charge on any atom is 0 e. The Morgan fingerprint density at radius 3 is 2.22 bits per heavy atom. The van der Waals surface area contributed by atoms with Crippen molar-refractivity contribution in [2.45, 2.75) is 0 Å². The van der Waals surface area contributed by atoms with Gasteiger partial charge in [0.05, 0.1) is 0 Å². The molecule has 0 aromatic heterocycles. The van der Waals surface area contributed by atoms with Crippen LogP contribution in [0.15, 0.2) is 29.4 Å². The molecule has 1 rings (SSSR count). The molecule has 0 bridgehead atoms. The first kappa shape index (κ1) is 8.34. The van der Waals surface area contributed by atoms with Crippen LogP contribution in [0.5, 0.6) is 0 Å². The number of nitrogens with zero attached hydrogens (tertiary/aromatic N) is 1. The van der Waals surface area contributed by atoms with Crippen molar-refractivity contribution in [3.8, 4) is 0 Å². The SMILES string of the molecule is O=Nc1cc[c-]cc1.[Mn]. The van der Waals surface area contributed by atoms with Gasteiger partial charge < -0.3 is 0 Å². The number of hydrogen-bond acceptors (Lipinski definition) is 2. The van der Waals surface area contributed by atoms with E-state index in [2.05, 4.69) is 11.2 Å². The fraction of sp³-hybridized carbons (Fsp3) is 0. The van der Waals surface area contributed by atoms with Crippen LogP contribution in [0.2, 0.25) is 0 Å². The zero-order valence-corrected chi connectivity index (χ0v) is 5.72. The summed E-state index contributed by atoms with van der Waals surface area (Å²) in [7, 11) is 0. The fourth-order valence-electron chi connectivity index (χ4n) is 0.439. The molecule has 0 amide bonds. The molecule has 0 aliphatic rings. The summed E-state index contributed by atoms with van der Waals surface area (Å²) >= 11 is 0. The van der Waals surface area contributed by atoms with E-state index >= 15 is 0 Å². The third-order valence-corrected chi connectivity index (χ3v) is 0.806. The van der Waals surface area contributed by atoms with Gasteiger partial charge in [-0.05, 0) is 5.69 Å². The molecule has 0 atom stereocenters. The van der Waals surface area contributed by atoms with Crippen LogP contribution in [0, 0.1) is 11.0 Å². The van der Waals surface area contributed by atoms with Gasteiger partial charge in [0.1, 0.15) is 0 Å². The Bertz CT molecular complexity index is 176. The molecule has 0 unspecified atom stereocenters. The monoisotopic (exact) mass is 161 g/mol. The van der Waals surface area contributed by atoms with Crippen LogP contribution in [0.1, 0.15) is 0 Å². The molecule has 1 radical (unpaired) electrons. The van der Waals surface area contributed by atoms with Gasteiger partial charge in [0.25, 0.3) is 0 Å². The normalized spacial score (nSPS) is 7.56. The van der Waals surface area contributed by atoms with Crippen LogP contribution in [-0.2, 0) is 17.1 Å². The van der Waals surface area contributed by atoms with Crippen molar-refractivity contribution in [3.63, 3.8) is 0 Å². The van der Waals surface area contributed by atoms with Gasteiger partial charge in [-0.3, -0.25) is 0 Å². The van der Waals surface area contributed by atoms with E-state index in [0.717, 1.165) is 0 Å². The first-order chi connectivity index (χ1) is 3.93. The molecule has 2 nitrogen and oxygen atoms in total. The number of rotatable bonds is 1. The molecule has 1 aromatic rings. The van der Waals surface area contributed by atoms with E-state index in [1.54, 1.807) is 24.3 Å². The molecule has 0 aliphatic heterocycles. The molecule has 0 saturated carbocycles. The van der Waals surface area contributed by atoms with Gasteiger partial charge in [-0.1, -0.05) is 5.18 Å². The van der Waals surface area contributed by atoms with Gasteiger partial charge in [0.15, 0.2) is 0 Å². The van der Waals surface area contributed by atoms with Crippen molar-refractivity contribution in [1.82, 2.24) is 0 Å². The standard InChI is InChI=1S/C6H4NO.Mn/c8-7-6-4-2-1-3-5-6;/h2-5H;/q-1;. The van der Waals surface area contributed by atoms with Crippen molar-refractivity contribution in [2.24, 2.45) is 5.18 Å². The van der Waals surface area contributed by atoms with Gasteiger partial charge in [-0.15, -0.1) is 17.0 Å². The minimum Gasteiger partial charge on any atom is -0.184 e. The summed E-state index contributed by atoms with van der Waals surface area (Å²) < 4.78 is 0. The first-order valence-electron chi connectivity index (χ1n) is 2.23. The Morgan fingerprint density at radius 1 is 1.33 bits per heavy atom. The van der Waals surface area contributed by atoms with Crippen LogP contribution < -0.4 is 0 Å². The zero-order chi connectivity index (χ0) is 5.82. The van der Waals surface area contributed by atoms with Crippen LogP contribution in [0.25, 0.3) is 0 Å². The molecule has 9 heavy (non-hydrogen) atoms. The summed E-state index contributed by atoms with van der Waals surface area (Å²) in [4.78, 5) is 9.74. The van der Waals surface area contributed by atoms with Crippen LogP contribution >= 0.6 is 0 Å². The second-order valence-electron chi connectivity index (χ2n) is 1.35. The summed E-state index contributed by atoms with van der Waals surface area (Å²) in [6, 6.07) is 9.28. The van der Waals surface area contributed by atoms with Gasteiger partial charge >= 0.3 is 0 Å². The Labute approximate surface area is 63.7 Å². The molecule has 1 aromatic carbocycles. The second-order valence-corrected chi connectivity index (χ2v) is 1.35. The minimum atomic E-state index is 0. The second kappa shape index (κ2) is 4.24. The molecule has 0 aliphatic carbocycles. The Morgan fingerprint density at radius 2 is 1.89 bits per heavy atom. The van der Waals surface area contributed by atoms with Gasteiger partial charge in [-0.2, -0.15) is 18.2 Å². The topological polar surface area (TPSA) is 29.4 Å². The minimum absolute atomic E-state index is 0. The van der Waals surface area contributed by atoms with Crippen molar-refractivity contribution < 1.29 is 17.1 Å². The Hall–Kier alpha value is -0.661. The molecule has 0 N–H and O–H groups in total. The summed E-state index contributed by atoms with van der Waals surface area (Å²) in [6.07, 6.45) is 0. The average Bonchev–Trinajstić information content (AvgIpc) is 1.90. The molecule has 0 heterocycles. The van der Waals surface area contributed by atoms with Crippen molar-refractivity contribution in [1.29, 1.82) is 0 Å². The van der Waals surface area contributed by atoms with Gasteiger partial charge in [0, 0.05) is 17.1 Å².